The monoisotopic (exact) mass is 408 g/mol. The second-order valence-corrected chi connectivity index (χ2v) is 8.83. The van der Waals surface area contributed by atoms with Crippen molar-refractivity contribution in [1.82, 2.24) is 9.80 Å². The lowest BCUT2D eigenvalue weighted by Crippen LogP contribution is -2.70. The van der Waals surface area contributed by atoms with Crippen molar-refractivity contribution in [3.05, 3.63) is 12.2 Å². The van der Waals surface area contributed by atoms with Crippen molar-refractivity contribution >= 4 is 11.9 Å². The van der Waals surface area contributed by atoms with Crippen LogP contribution in [0.15, 0.2) is 12.2 Å². The van der Waals surface area contributed by atoms with E-state index < -0.39 is 34.9 Å². The van der Waals surface area contributed by atoms with Crippen LogP contribution in [0.4, 0.5) is 0 Å². The maximum atomic E-state index is 13.1. The van der Waals surface area contributed by atoms with Gasteiger partial charge in [-0.25, -0.2) is 0 Å². The second kappa shape index (κ2) is 7.65. The van der Waals surface area contributed by atoms with E-state index in [0.29, 0.717) is 59.0 Å². The lowest BCUT2D eigenvalue weighted by molar-refractivity contribution is -0.196. The SMILES string of the molecule is CC(N1CCOCC1)C1(C(=O)O)C2C=CC(C2)C1(C(=O)O)C(C)N1CCOCC1. The Labute approximate surface area is 171 Å². The van der Waals surface area contributed by atoms with Crippen molar-refractivity contribution in [3.63, 3.8) is 0 Å². The van der Waals surface area contributed by atoms with E-state index in [1.54, 1.807) is 0 Å². The quantitative estimate of drug-likeness (QED) is 0.622. The van der Waals surface area contributed by atoms with Crippen LogP contribution in [0.1, 0.15) is 20.3 Å². The molecule has 2 N–H and O–H groups in total. The highest BCUT2D eigenvalue weighted by Gasteiger charge is 2.78. The van der Waals surface area contributed by atoms with Gasteiger partial charge in [-0.15, -0.1) is 0 Å². The third kappa shape index (κ3) is 2.72. The summed E-state index contributed by atoms with van der Waals surface area (Å²) in [5, 5.41) is 21.4. The highest BCUT2D eigenvalue weighted by molar-refractivity contribution is 5.91. The van der Waals surface area contributed by atoms with Crippen molar-refractivity contribution in [2.45, 2.75) is 32.4 Å². The number of nitrogens with zero attached hydrogens (tertiary/aromatic N) is 2. The van der Waals surface area contributed by atoms with Crippen LogP contribution in [0.3, 0.4) is 0 Å². The van der Waals surface area contributed by atoms with E-state index in [1.165, 1.54) is 0 Å². The molecule has 2 aliphatic carbocycles. The zero-order valence-corrected chi connectivity index (χ0v) is 17.2. The summed E-state index contributed by atoms with van der Waals surface area (Å²) in [6.07, 6.45) is 4.51. The summed E-state index contributed by atoms with van der Waals surface area (Å²) in [5.41, 5.74) is -2.79. The number of allylic oxidation sites excluding steroid dienone is 2. The molecule has 29 heavy (non-hydrogen) atoms. The fourth-order valence-corrected chi connectivity index (χ4v) is 6.83. The van der Waals surface area contributed by atoms with Gasteiger partial charge in [0.2, 0.25) is 0 Å². The van der Waals surface area contributed by atoms with E-state index in [-0.39, 0.29) is 11.8 Å². The molecule has 8 nitrogen and oxygen atoms in total. The van der Waals surface area contributed by atoms with E-state index in [2.05, 4.69) is 9.80 Å². The molecule has 8 heteroatoms. The van der Waals surface area contributed by atoms with E-state index in [4.69, 9.17) is 9.47 Å². The Hall–Kier alpha value is -1.48. The molecule has 0 aromatic heterocycles. The van der Waals surface area contributed by atoms with Crippen LogP contribution in [-0.2, 0) is 19.1 Å². The number of rotatable bonds is 6. The third-order valence-corrected chi connectivity index (χ3v) is 8.15. The summed E-state index contributed by atoms with van der Waals surface area (Å²) in [5.74, 6) is -2.56. The van der Waals surface area contributed by atoms with E-state index in [0.717, 1.165) is 0 Å². The highest BCUT2D eigenvalue weighted by Crippen LogP contribution is 2.68. The minimum absolute atomic E-state index is 0.289. The predicted octanol–water partition coefficient (Wildman–Crippen LogP) is 0.776. The second-order valence-electron chi connectivity index (χ2n) is 8.83. The topological polar surface area (TPSA) is 99.5 Å². The fraction of sp³-hybridized carbons (Fsp3) is 0.810. The van der Waals surface area contributed by atoms with Crippen LogP contribution in [0, 0.1) is 22.7 Å². The van der Waals surface area contributed by atoms with Gasteiger partial charge in [-0.3, -0.25) is 19.4 Å². The van der Waals surface area contributed by atoms with Gasteiger partial charge in [-0.05, 0) is 32.1 Å². The minimum Gasteiger partial charge on any atom is -0.481 e. The summed E-state index contributed by atoms with van der Waals surface area (Å²) in [6, 6.07) is -0.827. The number of morpholine rings is 2. The fourth-order valence-electron chi connectivity index (χ4n) is 6.83. The molecule has 2 heterocycles. The lowest BCUT2D eigenvalue weighted by Gasteiger charge is -2.56. The number of carboxylic acids is 2. The van der Waals surface area contributed by atoms with E-state index >= 15 is 0 Å². The molecule has 1 saturated carbocycles. The van der Waals surface area contributed by atoms with E-state index in [1.807, 2.05) is 26.0 Å². The third-order valence-electron chi connectivity index (χ3n) is 8.15. The molecule has 0 aromatic carbocycles. The van der Waals surface area contributed by atoms with Crippen molar-refractivity contribution in [2.24, 2.45) is 22.7 Å². The van der Waals surface area contributed by atoms with Crippen molar-refractivity contribution in [2.75, 3.05) is 52.6 Å². The Bertz CT molecular complexity index is 631. The number of carboxylic acid groups (broad SMARTS) is 2. The zero-order valence-electron chi connectivity index (χ0n) is 17.2. The van der Waals surface area contributed by atoms with Crippen LogP contribution in [-0.4, -0.2) is 96.6 Å². The van der Waals surface area contributed by atoms with Crippen LogP contribution < -0.4 is 0 Å². The summed E-state index contributed by atoms with van der Waals surface area (Å²) >= 11 is 0. The van der Waals surface area contributed by atoms with Crippen molar-refractivity contribution in [3.8, 4) is 0 Å². The summed E-state index contributed by atoms with van der Waals surface area (Å²) < 4.78 is 10.9. The van der Waals surface area contributed by atoms with Crippen LogP contribution in [0.2, 0.25) is 0 Å². The maximum Gasteiger partial charge on any atom is 0.313 e. The number of hydrogen-bond acceptors (Lipinski definition) is 6. The first-order valence-electron chi connectivity index (χ1n) is 10.7. The van der Waals surface area contributed by atoms with Gasteiger partial charge in [-0.2, -0.15) is 0 Å². The van der Waals surface area contributed by atoms with Gasteiger partial charge >= 0.3 is 11.9 Å². The first kappa shape index (κ1) is 20.8. The van der Waals surface area contributed by atoms with Crippen LogP contribution >= 0.6 is 0 Å². The Morgan fingerprint density at radius 3 is 1.48 bits per heavy atom. The molecule has 162 valence electrons. The molecule has 2 saturated heterocycles. The number of aliphatic carboxylic acids is 2. The lowest BCUT2D eigenvalue weighted by atomic mass is 9.51. The number of fused-ring (bicyclic) bond motifs is 2. The Balaban J connectivity index is 1.85. The van der Waals surface area contributed by atoms with Gasteiger partial charge in [0.25, 0.3) is 0 Å². The summed E-state index contributed by atoms with van der Waals surface area (Å²) in [7, 11) is 0. The molecule has 2 aliphatic heterocycles. The molecule has 4 rings (SSSR count). The standard InChI is InChI=1S/C21H32N2O6/c1-14(22-5-9-28-10-6-22)20(18(24)25)16-3-4-17(13-16)21(20,19(26)27)15(2)23-7-11-29-12-8-23/h3-4,14-17H,5-13H2,1-2H3,(H,24,25)(H,26,27). The molecule has 6 unspecified atom stereocenters. The first-order chi connectivity index (χ1) is 13.9. The van der Waals surface area contributed by atoms with Crippen molar-refractivity contribution < 1.29 is 29.3 Å². The highest BCUT2D eigenvalue weighted by atomic mass is 16.5. The van der Waals surface area contributed by atoms with E-state index in [9.17, 15) is 19.8 Å². The van der Waals surface area contributed by atoms with Crippen LogP contribution in [0.5, 0.6) is 0 Å². The van der Waals surface area contributed by atoms with Crippen molar-refractivity contribution in [1.29, 1.82) is 0 Å². The van der Waals surface area contributed by atoms with Gasteiger partial charge in [0.15, 0.2) is 0 Å². The largest absolute Gasteiger partial charge is 0.481 e. The molecule has 4 aliphatic rings. The normalized spacial score (nSPS) is 40.1. The summed E-state index contributed by atoms with van der Waals surface area (Å²) in [6.45, 7) is 8.50. The average Bonchev–Trinajstić information content (AvgIpc) is 3.33. The van der Waals surface area contributed by atoms with Gasteiger partial charge < -0.3 is 19.7 Å². The summed E-state index contributed by atoms with van der Waals surface area (Å²) in [4.78, 5) is 30.5. The van der Waals surface area contributed by atoms with Gasteiger partial charge in [0.1, 0.15) is 10.8 Å². The van der Waals surface area contributed by atoms with Crippen LogP contribution in [0.25, 0.3) is 0 Å². The Kier molecular flexibility index (Phi) is 5.48. The average molecular weight is 408 g/mol. The first-order valence-corrected chi connectivity index (χ1v) is 10.7. The number of carbonyl (C=O) groups is 2. The van der Waals surface area contributed by atoms with Gasteiger partial charge in [0.05, 0.1) is 26.4 Å². The molecule has 2 bridgehead atoms. The van der Waals surface area contributed by atoms with Gasteiger partial charge in [0, 0.05) is 38.3 Å². The Morgan fingerprint density at radius 2 is 1.17 bits per heavy atom. The molecular weight excluding hydrogens is 376 g/mol. The molecular formula is C21H32N2O6. The predicted molar refractivity (Wildman–Crippen MR) is 105 cm³/mol. The molecule has 3 fully saturated rings. The maximum absolute atomic E-state index is 13.1. The van der Waals surface area contributed by atoms with Gasteiger partial charge in [-0.1, -0.05) is 12.2 Å². The Morgan fingerprint density at radius 1 is 0.828 bits per heavy atom. The minimum atomic E-state index is -1.40. The molecule has 6 atom stereocenters. The molecule has 0 radical (unpaired) electrons. The smallest absolute Gasteiger partial charge is 0.313 e. The zero-order chi connectivity index (χ0) is 20.8. The molecule has 0 aromatic rings. The number of hydrogen-bond donors (Lipinski definition) is 2. The molecule has 0 spiro atoms. The number of ether oxygens (including phenoxy) is 2. The molecule has 0 amide bonds.